The third-order valence-corrected chi connectivity index (χ3v) is 2.34. The van der Waals surface area contributed by atoms with Crippen molar-refractivity contribution in [2.24, 2.45) is 11.7 Å². The highest BCUT2D eigenvalue weighted by Gasteiger charge is 2.15. The van der Waals surface area contributed by atoms with Crippen LogP contribution in [0.4, 0.5) is 0 Å². The Labute approximate surface area is 108 Å². The summed E-state index contributed by atoms with van der Waals surface area (Å²) >= 11 is 0. The Morgan fingerprint density at radius 2 is 2.24 bits per heavy atom. The molecule has 6 heteroatoms. The fraction of sp³-hybridized carbons (Fsp3) is 0.636. The van der Waals surface area contributed by atoms with Crippen LogP contribution < -0.4 is 11.1 Å². The molecule has 3 N–H and O–H groups in total. The first-order valence-electron chi connectivity index (χ1n) is 5.43. The lowest BCUT2D eigenvalue weighted by atomic mass is 10.0. The number of nitrogens with two attached hydrogens (primary N) is 1. The highest BCUT2D eigenvalue weighted by Crippen LogP contribution is 2.05. The highest BCUT2D eigenvalue weighted by atomic mass is 35.5. The number of nitrogens with zero attached hydrogens (tertiary/aromatic N) is 1. The summed E-state index contributed by atoms with van der Waals surface area (Å²) in [6, 6.07) is -0.452. The van der Waals surface area contributed by atoms with Gasteiger partial charge in [0.25, 0.3) is 0 Å². The number of oxazole rings is 1. The first-order chi connectivity index (χ1) is 7.50. The van der Waals surface area contributed by atoms with E-state index in [2.05, 4.69) is 10.3 Å². The van der Waals surface area contributed by atoms with E-state index >= 15 is 0 Å². The Morgan fingerprint density at radius 1 is 1.59 bits per heavy atom. The minimum atomic E-state index is -0.452. The minimum absolute atomic E-state index is 0. The van der Waals surface area contributed by atoms with Crippen LogP contribution in [0.15, 0.2) is 10.8 Å². The summed E-state index contributed by atoms with van der Waals surface area (Å²) in [7, 11) is 0. The van der Waals surface area contributed by atoms with Gasteiger partial charge < -0.3 is 15.5 Å². The number of hydrogen-bond acceptors (Lipinski definition) is 4. The van der Waals surface area contributed by atoms with Crippen molar-refractivity contribution in [3.8, 4) is 0 Å². The molecule has 1 heterocycles. The van der Waals surface area contributed by atoms with E-state index in [9.17, 15) is 4.79 Å². The number of halogens is 1. The molecule has 0 saturated heterocycles. The Hall–Kier alpha value is -1.07. The largest absolute Gasteiger partial charge is 0.448 e. The Bertz CT molecular complexity index is 352. The number of aryl methyl sites for hydroxylation is 1. The van der Waals surface area contributed by atoms with E-state index in [0.717, 1.165) is 11.5 Å². The molecule has 0 radical (unpaired) electrons. The molecule has 1 amide bonds. The summed E-state index contributed by atoms with van der Waals surface area (Å²) in [5.41, 5.74) is 6.48. The van der Waals surface area contributed by atoms with Crippen molar-refractivity contribution < 1.29 is 9.21 Å². The van der Waals surface area contributed by atoms with Crippen LogP contribution >= 0.6 is 12.4 Å². The maximum atomic E-state index is 11.6. The van der Waals surface area contributed by atoms with Crippen molar-refractivity contribution in [2.45, 2.75) is 39.8 Å². The number of carbonyl (C=O) groups is 1. The van der Waals surface area contributed by atoms with Gasteiger partial charge in [-0.15, -0.1) is 12.4 Å². The molecule has 0 bridgehead atoms. The molecule has 0 saturated carbocycles. The zero-order valence-electron chi connectivity index (χ0n) is 10.4. The summed E-state index contributed by atoms with van der Waals surface area (Å²) in [4.78, 5) is 15.6. The Balaban J connectivity index is 0.00000256. The fourth-order valence-electron chi connectivity index (χ4n) is 1.41. The van der Waals surface area contributed by atoms with E-state index in [4.69, 9.17) is 10.2 Å². The van der Waals surface area contributed by atoms with Gasteiger partial charge in [0, 0.05) is 0 Å². The molecular formula is C11H20ClN3O2. The van der Waals surface area contributed by atoms with Crippen LogP contribution in [0, 0.1) is 12.8 Å². The molecule has 0 aliphatic rings. The summed E-state index contributed by atoms with van der Waals surface area (Å²) in [5.74, 6) is 0.989. The van der Waals surface area contributed by atoms with E-state index in [1.807, 2.05) is 20.8 Å². The van der Waals surface area contributed by atoms with Crippen LogP contribution in [0.3, 0.4) is 0 Å². The lowest BCUT2D eigenvalue weighted by Gasteiger charge is -2.13. The highest BCUT2D eigenvalue weighted by molar-refractivity contribution is 5.85. The van der Waals surface area contributed by atoms with Gasteiger partial charge in [-0.3, -0.25) is 4.79 Å². The second-order valence-electron chi connectivity index (χ2n) is 4.31. The molecule has 1 atom stereocenters. The van der Waals surface area contributed by atoms with E-state index in [0.29, 0.717) is 18.9 Å². The van der Waals surface area contributed by atoms with Gasteiger partial charge in [0.2, 0.25) is 5.91 Å². The lowest BCUT2D eigenvalue weighted by molar-refractivity contribution is -0.122. The minimum Gasteiger partial charge on any atom is -0.448 e. The molecule has 0 aliphatic carbocycles. The number of amides is 1. The number of nitrogens with one attached hydrogen (secondary N) is 1. The molecule has 0 aromatic carbocycles. The van der Waals surface area contributed by atoms with Gasteiger partial charge in [0.05, 0.1) is 12.6 Å². The van der Waals surface area contributed by atoms with Gasteiger partial charge in [-0.25, -0.2) is 4.98 Å². The van der Waals surface area contributed by atoms with E-state index in [1.54, 1.807) is 0 Å². The second kappa shape index (κ2) is 7.29. The first-order valence-corrected chi connectivity index (χ1v) is 5.43. The summed E-state index contributed by atoms with van der Waals surface area (Å²) in [6.07, 6.45) is 2.05. The normalized spacial score (nSPS) is 12.1. The molecule has 1 rings (SSSR count). The summed E-state index contributed by atoms with van der Waals surface area (Å²) < 4.78 is 5.03. The molecule has 0 aliphatic heterocycles. The SMILES string of the molecule is Cc1ocnc1CNC(=O)[C@@H](N)CC(C)C.Cl. The van der Waals surface area contributed by atoms with Gasteiger partial charge in [-0.2, -0.15) is 0 Å². The summed E-state index contributed by atoms with van der Waals surface area (Å²) in [6.45, 7) is 6.25. The molecule has 98 valence electrons. The zero-order valence-corrected chi connectivity index (χ0v) is 11.2. The van der Waals surface area contributed by atoms with Crippen molar-refractivity contribution in [1.29, 1.82) is 0 Å². The van der Waals surface area contributed by atoms with Crippen LogP contribution in [0.5, 0.6) is 0 Å². The van der Waals surface area contributed by atoms with Crippen molar-refractivity contribution >= 4 is 18.3 Å². The van der Waals surface area contributed by atoms with Crippen molar-refractivity contribution in [3.05, 3.63) is 17.8 Å². The second-order valence-corrected chi connectivity index (χ2v) is 4.31. The monoisotopic (exact) mass is 261 g/mol. The lowest BCUT2D eigenvalue weighted by Crippen LogP contribution is -2.41. The molecule has 1 aromatic heterocycles. The van der Waals surface area contributed by atoms with E-state index in [-0.39, 0.29) is 18.3 Å². The predicted molar refractivity (Wildman–Crippen MR) is 67.8 cm³/mol. The Morgan fingerprint density at radius 3 is 2.71 bits per heavy atom. The van der Waals surface area contributed by atoms with Gasteiger partial charge in [-0.05, 0) is 19.3 Å². The zero-order chi connectivity index (χ0) is 12.1. The standard InChI is InChI=1S/C11H19N3O2.ClH/c1-7(2)4-9(12)11(15)13-5-10-8(3)16-6-14-10;/h6-7,9H,4-5,12H2,1-3H3,(H,13,15);1H/t9-;/m0./s1. The summed E-state index contributed by atoms with van der Waals surface area (Å²) in [5, 5.41) is 2.74. The Kier molecular flexibility index (Phi) is 6.83. The first kappa shape index (κ1) is 15.9. The van der Waals surface area contributed by atoms with Crippen molar-refractivity contribution in [2.75, 3.05) is 0 Å². The van der Waals surface area contributed by atoms with Crippen molar-refractivity contribution in [1.82, 2.24) is 10.3 Å². The molecule has 0 spiro atoms. The molecule has 1 aromatic rings. The van der Waals surface area contributed by atoms with Crippen LogP contribution in [-0.4, -0.2) is 16.9 Å². The third kappa shape index (κ3) is 5.19. The van der Waals surface area contributed by atoms with Crippen molar-refractivity contribution in [3.63, 3.8) is 0 Å². The topological polar surface area (TPSA) is 81.2 Å². The maximum Gasteiger partial charge on any atom is 0.237 e. The van der Waals surface area contributed by atoms with E-state index in [1.165, 1.54) is 6.39 Å². The van der Waals surface area contributed by atoms with Crippen LogP contribution in [0.2, 0.25) is 0 Å². The molecule has 0 fully saturated rings. The molecule has 17 heavy (non-hydrogen) atoms. The smallest absolute Gasteiger partial charge is 0.237 e. The number of hydrogen-bond donors (Lipinski definition) is 2. The predicted octanol–water partition coefficient (Wildman–Crippen LogP) is 1.39. The third-order valence-electron chi connectivity index (χ3n) is 2.34. The maximum absolute atomic E-state index is 11.6. The number of aromatic nitrogens is 1. The van der Waals surface area contributed by atoms with Crippen LogP contribution in [0.1, 0.15) is 31.7 Å². The number of rotatable bonds is 5. The number of carbonyl (C=O) groups excluding carboxylic acids is 1. The van der Waals surface area contributed by atoms with Gasteiger partial charge >= 0.3 is 0 Å². The van der Waals surface area contributed by atoms with E-state index < -0.39 is 6.04 Å². The fourth-order valence-corrected chi connectivity index (χ4v) is 1.41. The van der Waals surface area contributed by atoms with Gasteiger partial charge in [0.1, 0.15) is 11.5 Å². The average Bonchev–Trinajstić information content (AvgIpc) is 2.59. The van der Waals surface area contributed by atoms with Crippen LogP contribution in [-0.2, 0) is 11.3 Å². The molecule has 0 unspecified atom stereocenters. The molecular weight excluding hydrogens is 242 g/mol. The molecule has 5 nitrogen and oxygen atoms in total. The van der Waals surface area contributed by atoms with Crippen LogP contribution in [0.25, 0.3) is 0 Å². The average molecular weight is 262 g/mol. The van der Waals surface area contributed by atoms with Gasteiger partial charge in [-0.1, -0.05) is 13.8 Å². The quantitative estimate of drug-likeness (QED) is 0.839. The van der Waals surface area contributed by atoms with Gasteiger partial charge in [0.15, 0.2) is 6.39 Å².